The molecule has 21 heteroatoms. The zero-order valence-corrected chi connectivity index (χ0v) is 33.7. The van der Waals surface area contributed by atoms with E-state index >= 15 is 0 Å². The zero-order chi connectivity index (χ0) is 43.2. The first-order valence-corrected chi connectivity index (χ1v) is 19.8. The van der Waals surface area contributed by atoms with Gasteiger partial charge < -0.3 is 45.7 Å². The Morgan fingerprint density at radius 1 is 0.967 bits per heavy atom. The highest BCUT2D eigenvalue weighted by molar-refractivity contribution is 6.34. The molecule has 1 saturated heterocycles. The molecule has 17 nitrogen and oxygen atoms in total. The molecule has 1 aliphatic heterocycles. The smallest absolute Gasteiger partial charge is 0.435 e. The Balaban J connectivity index is 1.06. The summed E-state index contributed by atoms with van der Waals surface area (Å²) in [5.41, 5.74) is 11.6. The minimum atomic E-state index is -4.83. The van der Waals surface area contributed by atoms with Gasteiger partial charge in [0.05, 0.1) is 58.7 Å². The molecule has 3 amide bonds. The van der Waals surface area contributed by atoms with Crippen molar-refractivity contribution in [1.29, 1.82) is 0 Å². The molecule has 0 bridgehead atoms. The lowest BCUT2D eigenvalue weighted by atomic mass is 10.1. The monoisotopic (exact) mass is 855 g/mol. The van der Waals surface area contributed by atoms with E-state index in [2.05, 4.69) is 25.4 Å². The summed E-state index contributed by atoms with van der Waals surface area (Å²) in [4.78, 5) is 66.4. The van der Waals surface area contributed by atoms with Crippen molar-refractivity contribution in [3.63, 3.8) is 0 Å². The van der Waals surface area contributed by atoms with E-state index in [1.54, 1.807) is 28.1 Å². The van der Waals surface area contributed by atoms with Gasteiger partial charge in [-0.3, -0.25) is 14.4 Å². The van der Waals surface area contributed by atoms with Crippen LogP contribution in [0.15, 0.2) is 55.0 Å². The van der Waals surface area contributed by atoms with Gasteiger partial charge in [-0.25, -0.2) is 19.4 Å². The van der Waals surface area contributed by atoms with Crippen molar-refractivity contribution in [2.45, 2.75) is 31.9 Å². The third-order valence-corrected chi connectivity index (χ3v) is 10.9. The number of alkyl halides is 3. The quantitative estimate of drug-likeness (QED) is 0.0853. The van der Waals surface area contributed by atoms with Gasteiger partial charge in [0.25, 0.3) is 11.8 Å². The van der Waals surface area contributed by atoms with E-state index in [0.29, 0.717) is 80.6 Å². The van der Waals surface area contributed by atoms with Crippen molar-refractivity contribution in [3.8, 4) is 17.1 Å². The van der Waals surface area contributed by atoms with Gasteiger partial charge in [-0.05, 0) is 49.5 Å². The number of aliphatic carboxylic acids is 1. The second kappa shape index (κ2) is 18.6. The molecule has 0 atom stereocenters. The van der Waals surface area contributed by atoms with E-state index in [1.165, 1.54) is 42.1 Å². The molecular weight excluding hydrogens is 809 g/mol. The van der Waals surface area contributed by atoms with Gasteiger partial charge >= 0.3 is 12.1 Å². The number of rotatable bonds is 17. The summed E-state index contributed by atoms with van der Waals surface area (Å²) in [6.07, 6.45) is 1.22. The zero-order valence-electron chi connectivity index (χ0n) is 32.9. The van der Waals surface area contributed by atoms with Crippen LogP contribution in [0.1, 0.15) is 52.4 Å². The Hall–Kier alpha value is -5.83. The number of nitrogens with zero attached hydrogens (tertiary/aromatic N) is 8. The molecule has 0 aliphatic carbocycles. The number of nitrogens with one attached hydrogen (secondary N) is 2. The summed E-state index contributed by atoms with van der Waals surface area (Å²) in [6.45, 7) is 3.64. The standard InChI is InChI=1S/C39H46ClF3N12O5/c1-51-31(27-23-54(50-35(27)39(41,42)43)32-9-8-29-30(49-32)10-13-46-29)22-47-36(51)37(59)48-25-6-7-26(28(40)21-25)38(60)53-16-14-52(15-17-53)33(56)5-2-18-55(19-3-11-44,20-4-12-45)24-34(57)58/h6-10,13,21-23H,2-5,11-12,14-20,24,44-45H2,1H3,(H2-,46,48,49,57,58,59,60)/p+1. The number of carbonyl (C=O) groups is 4. The number of benzene rings is 1. The maximum atomic E-state index is 14.2. The lowest BCUT2D eigenvalue weighted by molar-refractivity contribution is -0.921. The molecule has 5 heterocycles. The Labute approximate surface area is 347 Å². The highest BCUT2D eigenvalue weighted by Crippen LogP contribution is 2.37. The average molecular weight is 856 g/mol. The number of nitrogens with two attached hydrogens (primary N) is 2. The molecule has 5 aromatic rings. The van der Waals surface area contributed by atoms with Crippen LogP contribution >= 0.6 is 11.6 Å². The topological polar surface area (TPSA) is 223 Å². The van der Waals surface area contributed by atoms with Gasteiger partial charge in [0.15, 0.2) is 23.9 Å². The molecule has 0 saturated carbocycles. The third-order valence-electron chi connectivity index (χ3n) is 10.6. The number of quaternary nitrogens is 1. The number of H-pyrrole nitrogens is 1. The van der Waals surface area contributed by atoms with Crippen LogP contribution in [0.2, 0.25) is 5.02 Å². The highest BCUT2D eigenvalue weighted by Gasteiger charge is 2.39. The van der Waals surface area contributed by atoms with Gasteiger partial charge in [0.1, 0.15) is 0 Å². The summed E-state index contributed by atoms with van der Waals surface area (Å²) >= 11 is 6.54. The van der Waals surface area contributed by atoms with Crippen LogP contribution in [0.3, 0.4) is 0 Å². The maximum absolute atomic E-state index is 14.2. The Kier molecular flexibility index (Phi) is 13.6. The first-order valence-electron chi connectivity index (χ1n) is 19.4. The summed E-state index contributed by atoms with van der Waals surface area (Å²) < 4.78 is 45.2. The molecule has 60 heavy (non-hydrogen) atoms. The summed E-state index contributed by atoms with van der Waals surface area (Å²) in [5, 5.41) is 16.1. The van der Waals surface area contributed by atoms with E-state index in [1.807, 2.05) is 0 Å². The van der Waals surface area contributed by atoms with Gasteiger partial charge in [-0.15, -0.1) is 0 Å². The number of carboxylic acids is 1. The molecule has 6 rings (SSSR count). The lowest BCUT2D eigenvalue weighted by Gasteiger charge is -2.38. The molecule has 1 fully saturated rings. The number of hydrogen-bond donors (Lipinski definition) is 5. The number of pyridine rings is 1. The van der Waals surface area contributed by atoms with Crippen molar-refractivity contribution in [2.75, 3.05) is 70.8 Å². The van der Waals surface area contributed by atoms with Gasteiger partial charge in [0, 0.05) is 77.0 Å². The Bertz CT molecular complexity index is 2340. The highest BCUT2D eigenvalue weighted by atomic mass is 35.5. The minimum absolute atomic E-state index is 0.0177. The number of aromatic nitrogens is 6. The number of hydrogen-bond acceptors (Lipinski definition) is 9. The van der Waals surface area contributed by atoms with E-state index in [4.69, 9.17) is 23.1 Å². The van der Waals surface area contributed by atoms with Crippen molar-refractivity contribution in [2.24, 2.45) is 18.5 Å². The molecule has 0 radical (unpaired) electrons. The first-order chi connectivity index (χ1) is 28.6. The molecule has 0 spiro atoms. The van der Waals surface area contributed by atoms with E-state index in [0.717, 1.165) is 10.9 Å². The number of imidazole rings is 1. The number of piperazine rings is 1. The van der Waals surface area contributed by atoms with Gasteiger partial charge in [0.2, 0.25) is 5.91 Å². The summed E-state index contributed by atoms with van der Waals surface area (Å²) in [5.74, 6) is -2.13. The van der Waals surface area contributed by atoms with Crippen molar-refractivity contribution < 1.29 is 41.9 Å². The van der Waals surface area contributed by atoms with Crippen LogP contribution in [0, 0.1) is 0 Å². The number of anilines is 1. The fourth-order valence-electron chi connectivity index (χ4n) is 7.53. The van der Waals surface area contributed by atoms with Crippen LogP contribution in [0.4, 0.5) is 18.9 Å². The largest absolute Gasteiger partial charge is 0.477 e. The van der Waals surface area contributed by atoms with Crippen molar-refractivity contribution in [1.82, 2.24) is 39.1 Å². The Morgan fingerprint density at radius 2 is 1.65 bits per heavy atom. The number of fused-ring (bicyclic) bond motifs is 1. The number of aromatic amines is 1. The molecule has 320 valence electrons. The summed E-state index contributed by atoms with van der Waals surface area (Å²) in [7, 11) is 1.41. The van der Waals surface area contributed by atoms with Crippen LogP contribution in [-0.2, 0) is 22.8 Å². The average Bonchev–Trinajstić information content (AvgIpc) is 3.97. The third kappa shape index (κ3) is 9.95. The SMILES string of the molecule is Cn1c(-c2cn(-c3ccc4[nH]ccc4n3)nc2C(F)(F)F)cnc1C(=O)Nc1ccc(C(=O)N2CCN(C(=O)CCC[N+](CCCN)(CCCN)CC(=O)O)CC2)c(Cl)c1. The molecule has 1 aliphatic rings. The molecular formula is C39H47ClF3N12O5+. The predicted octanol–water partition coefficient (Wildman–Crippen LogP) is 3.74. The van der Waals surface area contributed by atoms with Crippen molar-refractivity contribution >= 4 is 52.0 Å². The molecule has 7 N–H and O–H groups in total. The number of carboxylic acid groups (broad SMARTS) is 1. The first kappa shape index (κ1) is 43.7. The number of carbonyl (C=O) groups excluding carboxylic acids is 3. The second-order valence-corrected chi connectivity index (χ2v) is 15.1. The van der Waals surface area contributed by atoms with E-state index in [-0.39, 0.29) is 77.0 Å². The molecule has 1 aromatic carbocycles. The van der Waals surface area contributed by atoms with E-state index < -0.39 is 23.7 Å². The summed E-state index contributed by atoms with van der Waals surface area (Å²) in [6, 6.07) is 9.22. The normalized spacial score (nSPS) is 13.6. The fraction of sp³-hybridized carbons (Fsp3) is 0.410. The van der Waals surface area contributed by atoms with Crippen LogP contribution in [0.5, 0.6) is 0 Å². The minimum Gasteiger partial charge on any atom is -0.477 e. The van der Waals surface area contributed by atoms with Crippen LogP contribution in [0.25, 0.3) is 28.1 Å². The number of amides is 3. The van der Waals surface area contributed by atoms with Crippen LogP contribution < -0.4 is 16.8 Å². The lowest BCUT2D eigenvalue weighted by Crippen LogP contribution is -2.54. The predicted molar refractivity (Wildman–Crippen MR) is 216 cm³/mol. The molecule has 4 aromatic heterocycles. The van der Waals surface area contributed by atoms with Gasteiger partial charge in [-0.2, -0.15) is 18.3 Å². The molecule has 0 unspecified atom stereocenters. The van der Waals surface area contributed by atoms with Crippen LogP contribution in [-0.4, -0.2) is 138 Å². The second-order valence-electron chi connectivity index (χ2n) is 14.7. The van der Waals surface area contributed by atoms with Crippen molar-refractivity contribution in [3.05, 3.63) is 77.1 Å². The maximum Gasteiger partial charge on any atom is 0.435 e. The van der Waals surface area contributed by atoms with E-state index in [9.17, 15) is 37.5 Å². The number of halogens is 4. The fourth-order valence-corrected chi connectivity index (χ4v) is 7.79. The van der Waals surface area contributed by atoms with Gasteiger partial charge in [-0.1, -0.05) is 11.6 Å². The Morgan fingerprint density at radius 3 is 2.30 bits per heavy atom.